The number of para-hydroxylation sites is 1. The molecule has 0 spiro atoms. The van der Waals surface area contributed by atoms with Crippen LogP contribution in [0.15, 0.2) is 59.1 Å². The molecule has 5 rings (SSSR count). The number of fused-ring (bicyclic) bond motifs is 6. The molecule has 1 nitrogen and oxygen atoms in total. The van der Waals surface area contributed by atoms with Crippen molar-refractivity contribution in [2.45, 2.75) is 0 Å². The van der Waals surface area contributed by atoms with E-state index < -0.39 is 0 Å². The van der Waals surface area contributed by atoms with E-state index in [-0.39, 0.29) is 0 Å². The van der Waals surface area contributed by atoms with E-state index in [9.17, 15) is 0 Å². The lowest BCUT2D eigenvalue weighted by atomic mass is 10.1. The molecule has 2 heterocycles. The van der Waals surface area contributed by atoms with Crippen LogP contribution >= 0.6 is 27.5 Å². The van der Waals surface area contributed by atoms with E-state index >= 15 is 0 Å². The fourth-order valence-electron chi connectivity index (χ4n) is 3.47. The second kappa shape index (κ2) is 3.90. The number of nitrogens with zero attached hydrogens (tertiary/aromatic N) is 1. The van der Waals surface area contributed by atoms with Gasteiger partial charge in [-0.2, -0.15) is 0 Å². The van der Waals surface area contributed by atoms with E-state index in [1.807, 2.05) is 12.1 Å². The van der Waals surface area contributed by atoms with Gasteiger partial charge < -0.3 is 4.40 Å². The van der Waals surface area contributed by atoms with Crippen LogP contribution in [0.2, 0.25) is 5.02 Å². The number of rotatable bonds is 0. The summed E-state index contributed by atoms with van der Waals surface area (Å²) in [6.45, 7) is 0. The Kier molecular flexibility index (Phi) is 2.20. The van der Waals surface area contributed by atoms with Crippen molar-refractivity contribution < 1.29 is 0 Å². The molecule has 3 heteroatoms. The van der Waals surface area contributed by atoms with Crippen molar-refractivity contribution >= 4 is 65.6 Å². The Balaban J connectivity index is 2.31. The molecule has 0 aliphatic heterocycles. The van der Waals surface area contributed by atoms with Crippen molar-refractivity contribution in [3.63, 3.8) is 0 Å². The van der Waals surface area contributed by atoms with Gasteiger partial charge in [-0.1, -0.05) is 57.9 Å². The molecule has 0 bridgehead atoms. The Morgan fingerprint density at radius 2 is 1.57 bits per heavy atom. The first-order valence-electron chi connectivity index (χ1n) is 6.78. The van der Waals surface area contributed by atoms with Gasteiger partial charge in [0, 0.05) is 26.0 Å². The number of aromatic nitrogens is 1. The van der Waals surface area contributed by atoms with Gasteiger partial charge in [0.25, 0.3) is 0 Å². The Hall–Kier alpha value is -1.77. The molecule has 2 aromatic heterocycles. The van der Waals surface area contributed by atoms with E-state index in [0.29, 0.717) is 0 Å². The van der Waals surface area contributed by atoms with Crippen molar-refractivity contribution in [3.8, 4) is 0 Å². The molecule has 0 unspecified atom stereocenters. The molecule has 0 aliphatic rings. The minimum absolute atomic E-state index is 0.800. The third kappa shape index (κ3) is 1.32. The van der Waals surface area contributed by atoms with Crippen LogP contribution in [-0.4, -0.2) is 4.40 Å². The van der Waals surface area contributed by atoms with E-state index in [2.05, 4.69) is 62.8 Å². The van der Waals surface area contributed by atoms with Crippen molar-refractivity contribution in [1.82, 2.24) is 4.40 Å². The number of hydrogen-bond acceptors (Lipinski definition) is 0. The molecule has 100 valence electrons. The summed E-state index contributed by atoms with van der Waals surface area (Å²) in [5.74, 6) is 0. The molecule has 0 radical (unpaired) electrons. The third-order valence-electron chi connectivity index (χ3n) is 4.27. The number of hydrogen-bond donors (Lipinski definition) is 0. The summed E-state index contributed by atoms with van der Waals surface area (Å²) in [7, 11) is 0. The molecule has 0 atom stereocenters. The van der Waals surface area contributed by atoms with Gasteiger partial charge in [0.15, 0.2) is 0 Å². The Labute approximate surface area is 134 Å². The molecule has 0 N–H and O–H groups in total. The van der Waals surface area contributed by atoms with Crippen LogP contribution in [0.3, 0.4) is 0 Å². The summed E-state index contributed by atoms with van der Waals surface area (Å²) in [4.78, 5) is 0. The summed E-state index contributed by atoms with van der Waals surface area (Å²) < 4.78 is 3.41. The highest BCUT2D eigenvalue weighted by Gasteiger charge is 2.19. The van der Waals surface area contributed by atoms with Crippen LogP contribution in [0, 0.1) is 0 Å². The van der Waals surface area contributed by atoms with E-state index in [1.165, 1.54) is 27.2 Å². The maximum Gasteiger partial charge on any atom is 0.0632 e. The minimum Gasteiger partial charge on any atom is -0.308 e. The van der Waals surface area contributed by atoms with Gasteiger partial charge in [-0.05, 0) is 24.3 Å². The largest absolute Gasteiger partial charge is 0.308 e. The normalized spacial score (nSPS) is 12.3. The summed E-state index contributed by atoms with van der Waals surface area (Å²) in [5.41, 5.74) is 3.64. The monoisotopic (exact) mass is 353 g/mol. The SMILES string of the molecule is Clc1cccc2c1c1c(Br)ccc3c4ccccc4n2c31. The topological polar surface area (TPSA) is 4.41 Å². The van der Waals surface area contributed by atoms with Crippen LogP contribution in [-0.2, 0) is 0 Å². The smallest absolute Gasteiger partial charge is 0.0632 e. The third-order valence-corrected chi connectivity index (χ3v) is 5.24. The summed E-state index contributed by atoms with van der Waals surface area (Å²) in [6, 6.07) is 18.9. The van der Waals surface area contributed by atoms with E-state index in [1.54, 1.807) is 0 Å². The summed E-state index contributed by atoms with van der Waals surface area (Å²) in [5, 5.41) is 5.68. The average Bonchev–Trinajstić information content (AvgIpc) is 3.01. The molecule has 0 amide bonds. The Morgan fingerprint density at radius 1 is 0.762 bits per heavy atom. The zero-order chi connectivity index (χ0) is 14.1. The molecule has 21 heavy (non-hydrogen) atoms. The standard InChI is InChI=1S/C18H9BrClN/c19-12-9-8-11-10-4-1-2-6-14(10)21-15-7-3-5-13(20)17(15)16(12)18(11)21/h1-9H. The highest BCUT2D eigenvalue weighted by molar-refractivity contribution is 9.10. The van der Waals surface area contributed by atoms with Gasteiger partial charge in [-0.25, -0.2) is 0 Å². The molecule has 0 saturated carbocycles. The van der Waals surface area contributed by atoms with Gasteiger partial charge in [0.2, 0.25) is 0 Å². The van der Waals surface area contributed by atoms with Crippen LogP contribution in [0.5, 0.6) is 0 Å². The van der Waals surface area contributed by atoms with Gasteiger partial charge in [-0.15, -0.1) is 0 Å². The predicted octanol–water partition coefficient (Wildman–Crippen LogP) is 6.25. The maximum absolute atomic E-state index is 6.49. The van der Waals surface area contributed by atoms with Gasteiger partial charge >= 0.3 is 0 Å². The lowest BCUT2D eigenvalue weighted by molar-refractivity contribution is 1.37. The van der Waals surface area contributed by atoms with Crippen molar-refractivity contribution in [2.75, 3.05) is 0 Å². The molecular weight excluding hydrogens is 346 g/mol. The van der Waals surface area contributed by atoms with Gasteiger partial charge in [0.05, 0.1) is 21.6 Å². The zero-order valence-electron chi connectivity index (χ0n) is 10.9. The Bertz CT molecular complexity index is 1160. The van der Waals surface area contributed by atoms with Crippen molar-refractivity contribution in [1.29, 1.82) is 0 Å². The second-order valence-corrected chi connectivity index (χ2v) is 6.57. The summed E-state index contributed by atoms with van der Waals surface area (Å²) >= 11 is 10.2. The quantitative estimate of drug-likeness (QED) is 0.309. The lowest BCUT2D eigenvalue weighted by Crippen LogP contribution is -1.79. The first-order chi connectivity index (χ1) is 10.3. The molecule has 3 aromatic carbocycles. The second-order valence-electron chi connectivity index (χ2n) is 5.31. The predicted molar refractivity (Wildman–Crippen MR) is 93.8 cm³/mol. The maximum atomic E-state index is 6.49. The number of benzene rings is 3. The molecular formula is C18H9BrClN. The van der Waals surface area contributed by atoms with Crippen LogP contribution in [0.4, 0.5) is 0 Å². The minimum atomic E-state index is 0.800. The molecule has 0 saturated heterocycles. The van der Waals surface area contributed by atoms with E-state index in [0.717, 1.165) is 20.4 Å². The molecule has 5 aromatic rings. The molecule has 0 aliphatic carbocycles. The van der Waals surface area contributed by atoms with Gasteiger partial charge in [-0.3, -0.25) is 0 Å². The highest BCUT2D eigenvalue weighted by Crippen LogP contribution is 2.43. The van der Waals surface area contributed by atoms with Crippen molar-refractivity contribution in [2.24, 2.45) is 0 Å². The average molecular weight is 355 g/mol. The molecule has 0 fully saturated rings. The number of halogens is 2. The van der Waals surface area contributed by atoms with Crippen molar-refractivity contribution in [3.05, 3.63) is 64.1 Å². The lowest BCUT2D eigenvalue weighted by Gasteiger charge is -1.99. The van der Waals surface area contributed by atoms with Gasteiger partial charge in [0.1, 0.15) is 0 Å². The Morgan fingerprint density at radius 3 is 2.48 bits per heavy atom. The van der Waals surface area contributed by atoms with Crippen LogP contribution in [0.1, 0.15) is 0 Å². The fourth-order valence-corrected chi connectivity index (χ4v) is 4.25. The first kappa shape index (κ1) is 11.8. The highest BCUT2D eigenvalue weighted by atomic mass is 79.9. The summed E-state index contributed by atoms with van der Waals surface area (Å²) in [6.07, 6.45) is 0. The van der Waals surface area contributed by atoms with E-state index in [4.69, 9.17) is 11.6 Å². The zero-order valence-corrected chi connectivity index (χ0v) is 13.2. The van der Waals surface area contributed by atoms with Crippen LogP contribution in [0.25, 0.3) is 38.1 Å². The first-order valence-corrected chi connectivity index (χ1v) is 7.95. The van der Waals surface area contributed by atoms with Crippen LogP contribution < -0.4 is 0 Å². The fraction of sp³-hybridized carbons (Fsp3) is 0.